The van der Waals surface area contributed by atoms with E-state index in [0.29, 0.717) is 0 Å². The fourth-order valence-electron chi connectivity index (χ4n) is 2.37. The Bertz CT molecular complexity index is 612. The zero-order chi connectivity index (χ0) is 13.2. The molecule has 0 spiro atoms. The summed E-state index contributed by atoms with van der Waals surface area (Å²) in [6.07, 6.45) is 2.01. The first-order chi connectivity index (χ1) is 9.24. The van der Waals surface area contributed by atoms with Gasteiger partial charge in [-0.3, -0.25) is 4.79 Å². The minimum Gasteiger partial charge on any atom is -0.493 e. The zero-order valence-corrected chi connectivity index (χ0v) is 11.0. The first-order valence-electron chi connectivity index (χ1n) is 6.61. The molecular formula is C17H16O2. The number of ether oxygens (including phenoxy) is 1. The van der Waals surface area contributed by atoms with Gasteiger partial charge in [-0.15, -0.1) is 0 Å². The first-order valence-corrected chi connectivity index (χ1v) is 6.61. The number of benzene rings is 2. The summed E-state index contributed by atoms with van der Waals surface area (Å²) in [5, 5.41) is 0. The lowest BCUT2D eigenvalue weighted by Crippen LogP contribution is -2.10. The van der Waals surface area contributed by atoms with Crippen molar-refractivity contribution in [2.45, 2.75) is 19.8 Å². The van der Waals surface area contributed by atoms with E-state index in [2.05, 4.69) is 0 Å². The molecule has 2 aromatic carbocycles. The number of rotatable bonds is 2. The summed E-state index contributed by atoms with van der Waals surface area (Å²) in [7, 11) is 0. The molecule has 0 N–H and O–H groups in total. The van der Waals surface area contributed by atoms with Crippen molar-refractivity contribution >= 4 is 5.78 Å². The van der Waals surface area contributed by atoms with Gasteiger partial charge in [-0.1, -0.05) is 29.8 Å². The molecule has 1 heterocycles. The van der Waals surface area contributed by atoms with Crippen LogP contribution in [0.5, 0.6) is 5.75 Å². The average Bonchev–Trinajstić information content (AvgIpc) is 2.47. The van der Waals surface area contributed by atoms with Gasteiger partial charge in [0.25, 0.3) is 0 Å². The molecule has 2 aromatic rings. The van der Waals surface area contributed by atoms with Gasteiger partial charge in [0.05, 0.1) is 6.61 Å². The number of carbonyl (C=O) groups is 1. The molecule has 0 bridgehead atoms. The SMILES string of the molecule is Cc1ccc(C(=O)c2ccc3c(c2)CCCO3)cc1. The van der Waals surface area contributed by atoms with Crippen LogP contribution in [0.2, 0.25) is 0 Å². The summed E-state index contributed by atoms with van der Waals surface area (Å²) in [5.74, 6) is 1.00. The number of aryl methyl sites for hydroxylation is 2. The second-order valence-electron chi connectivity index (χ2n) is 4.97. The van der Waals surface area contributed by atoms with Crippen molar-refractivity contribution in [1.82, 2.24) is 0 Å². The third-order valence-corrected chi connectivity index (χ3v) is 3.48. The Morgan fingerprint density at radius 3 is 2.58 bits per heavy atom. The molecule has 1 aliphatic heterocycles. The van der Waals surface area contributed by atoms with Gasteiger partial charge in [-0.05, 0) is 43.5 Å². The van der Waals surface area contributed by atoms with Crippen LogP contribution in [0.15, 0.2) is 42.5 Å². The Kier molecular flexibility index (Phi) is 3.08. The Morgan fingerprint density at radius 2 is 1.79 bits per heavy atom. The van der Waals surface area contributed by atoms with Crippen molar-refractivity contribution in [3.63, 3.8) is 0 Å². The maximum Gasteiger partial charge on any atom is 0.193 e. The summed E-state index contributed by atoms with van der Waals surface area (Å²) < 4.78 is 5.57. The summed E-state index contributed by atoms with van der Waals surface area (Å²) >= 11 is 0. The van der Waals surface area contributed by atoms with Crippen molar-refractivity contribution in [3.05, 3.63) is 64.7 Å². The maximum atomic E-state index is 12.4. The number of hydrogen-bond donors (Lipinski definition) is 0. The topological polar surface area (TPSA) is 26.3 Å². The molecule has 0 aliphatic carbocycles. The van der Waals surface area contributed by atoms with Crippen LogP contribution in [-0.4, -0.2) is 12.4 Å². The summed E-state index contributed by atoms with van der Waals surface area (Å²) in [5.41, 5.74) is 3.79. The van der Waals surface area contributed by atoms with E-state index in [9.17, 15) is 4.79 Å². The predicted molar refractivity (Wildman–Crippen MR) is 74.9 cm³/mol. The van der Waals surface area contributed by atoms with Crippen molar-refractivity contribution < 1.29 is 9.53 Å². The zero-order valence-electron chi connectivity index (χ0n) is 11.0. The lowest BCUT2D eigenvalue weighted by molar-refractivity contribution is 0.103. The van der Waals surface area contributed by atoms with E-state index in [4.69, 9.17) is 4.74 Å². The Balaban J connectivity index is 1.93. The molecule has 0 amide bonds. The van der Waals surface area contributed by atoms with E-state index < -0.39 is 0 Å². The smallest absolute Gasteiger partial charge is 0.193 e. The molecule has 0 atom stereocenters. The van der Waals surface area contributed by atoms with Gasteiger partial charge in [0.15, 0.2) is 5.78 Å². The van der Waals surface area contributed by atoms with Crippen molar-refractivity contribution in [3.8, 4) is 5.75 Å². The summed E-state index contributed by atoms with van der Waals surface area (Å²) in [6.45, 7) is 2.79. The van der Waals surface area contributed by atoms with Gasteiger partial charge < -0.3 is 4.74 Å². The van der Waals surface area contributed by atoms with Gasteiger partial charge in [-0.25, -0.2) is 0 Å². The quantitative estimate of drug-likeness (QED) is 0.764. The highest BCUT2D eigenvalue weighted by Crippen LogP contribution is 2.26. The van der Waals surface area contributed by atoms with Crippen molar-refractivity contribution in [2.24, 2.45) is 0 Å². The van der Waals surface area contributed by atoms with E-state index in [0.717, 1.165) is 47.5 Å². The molecule has 0 saturated carbocycles. The van der Waals surface area contributed by atoms with Crippen LogP contribution in [0.3, 0.4) is 0 Å². The van der Waals surface area contributed by atoms with Gasteiger partial charge in [0.1, 0.15) is 5.75 Å². The van der Waals surface area contributed by atoms with Crippen LogP contribution in [0.25, 0.3) is 0 Å². The third kappa shape index (κ3) is 2.39. The number of fused-ring (bicyclic) bond motifs is 1. The van der Waals surface area contributed by atoms with Gasteiger partial charge >= 0.3 is 0 Å². The predicted octanol–water partition coefficient (Wildman–Crippen LogP) is 3.55. The lowest BCUT2D eigenvalue weighted by Gasteiger charge is -2.17. The molecular weight excluding hydrogens is 236 g/mol. The standard InChI is InChI=1S/C17H16O2/c1-12-4-6-13(7-5-12)17(18)15-8-9-16-14(11-15)3-2-10-19-16/h4-9,11H,2-3,10H2,1H3. The number of carbonyl (C=O) groups excluding carboxylic acids is 1. The van der Waals surface area contributed by atoms with Gasteiger partial charge in [0, 0.05) is 11.1 Å². The number of hydrogen-bond acceptors (Lipinski definition) is 2. The largest absolute Gasteiger partial charge is 0.493 e. The van der Waals surface area contributed by atoms with Crippen LogP contribution in [0.4, 0.5) is 0 Å². The maximum absolute atomic E-state index is 12.4. The molecule has 0 aromatic heterocycles. The minimum atomic E-state index is 0.0772. The Labute approximate surface area is 113 Å². The second-order valence-corrected chi connectivity index (χ2v) is 4.97. The van der Waals surface area contributed by atoms with Gasteiger partial charge in [0.2, 0.25) is 0 Å². The fraction of sp³-hybridized carbons (Fsp3) is 0.235. The van der Waals surface area contributed by atoms with E-state index in [1.165, 1.54) is 0 Å². The Morgan fingerprint density at radius 1 is 1.05 bits per heavy atom. The molecule has 0 fully saturated rings. The van der Waals surface area contributed by atoms with Gasteiger partial charge in [-0.2, -0.15) is 0 Å². The van der Waals surface area contributed by atoms with Crippen LogP contribution < -0.4 is 4.74 Å². The van der Waals surface area contributed by atoms with Crippen molar-refractivity contribution in [2.75, 3.05) is 6.61 Å². The van der Waals surface area contributed by atoms with Crippen LogP contribution in [-0.2, 0) is 6.42 Å². The summed E-state index contributed by atoms with van der Waals surface area (Å²) in [6, 6.07) is 13.4. The molecule has 96 valence electrons. The third-order valence-electron chi connectivity index (χ3n) is 3.48. The average molecular weight is 252 g/mol. The van der Waals surface area contributed by atoms with E-state index in [-0.39, 0.29) is 5.78 Å². The fourth-order valence-corrected chi connectivity index (χ4v) is 2.37. The molecule has 2 nitrogen and oxygen atoms in total. The molecule has 0 unspecified atom stereocenters. The van der Waals surface area contributed by atoms with E-state index in [1.807, 2.05) is 49.4 Å². The monoisotopic (exact) mass is 252 g/mol. The normalized spacial score (nSPS) is 13.5. The Hall–Kier alpha value is -2.09. The molecule has 1 aliphatic rings. The molecule has 3 rings (SSSR count). The molecule has 0 radical (unpaired) electrons. The van der Waals surface area contributed by atoms with Crippen LogP contribution >= 0.6 is 0 Å². The van der Waals surface area contributed by atoms with Crippen LogP contribution in [0, 0.1) is 6.92 Å². The highest BCUT2D eigenvalue weighted by Gasteiger charge is 2.14. The minimum absolute atomic E-state index is 0.0772. The number of ketones is 1. The first kappa shape index (κ1) is 12.0. The second kappa shape index (κ2) is 4.88. The molecule has 19 heavy (non-hydrogen) atoms. The lowest BCUT2D eigenvalue weighted by atomic mass is 9.97. The van der Waals surface area contributed by atoms with Crippen LogP contribution in [0.1, 0.15) is 33.5 Å². The molecule has 2 heteroatoms. The summed E-state index contributed by atoms with van der Waals surface area (Å²) in [4.78, 5) is 12.4. The van der Waals surface area contributed by atoms with E-state index in [1.54, 1.807) is 0 Å². The van der Waals surface area contributed by atoms with E-state index >= 15 is 0 Å². The molecule has 0 saturated heterocycles. The highest BCUT2D eigenvalue weighted by atomic mass is 16.5. The van der Waals surface area contributed by atoms with Crippen molar-refractivity contribution in [1.29, 1.82) is 0 Å². The highest BCUT2D eigenvalue weighted by molar-refractivity contribution is 6.09.